The molecule has 0 radical (unpaired) electrons. The van der Waals surface area contributed by atoms with Gasteiger partial charge >= 0.3 is 0 Å². The molecule has 0 aliphatic carbocycles. The quantitative estimate of drug-likeness (QED) is 0.714. The number of amidine groups is 1. The van der Waals surface area contributed by atoms with E-state index in [9.17, 15) is 8.42 Å². The van der Waals surface area contributed by atoms with Gasteiger partial charge in [0.2, 0.25) is 0 Å². The fourth-order valence-electron chi connectivity index (χ4n) is 2.66. The zero-order chi connectivity index (χ0) is 17.7. The van der Waals surface area contributed by atoms with Crippen LogP contribution in [-0.2, 0) is 10.0 Å². The van der Waals surface area contributed by atoms with Crippen molar-refractivity contribution < 1.29 is 13.2 Å². The standard InChI is InChI=1S/C19H22N2O3S/c1-2-3-15-24-17-9-11-18(12-10-17)25(22,23)21-14-13-20-19(21)16-7-5-4-6-8-16/h4-12H,2-3,13-15H2,1H3. The monoisotopic (exact) mass is 358 g/mol. The fraction of sp³-hybridized carbons (Fsp3) is 0.316. The van der Waals surface area contributed by atoms with Crippen molar-refractivity contribution in [3.63, 3.8) is 0 Å². The average molecular weight is 358 g/mol. The van der Waals surface area contributed by atoms with Crippen molar-refractivity contribution in [1.82, 2.24) is 4.31 Å². The van der Waals surface area contributed by atoms with Gasteiger partial charge in [-0.3, -0.25) is 4.99 Å². The van der Waals surface area contributed by atoms with Crippen molar-refractivity contribution in [2.45, 2.75) is 24.7 Å². The molecule has 6 heteroatoms. The number of hydrogen-bond donors (Lipinski definition) is 0. The molecule has 0 atom stereocenters. The first kappa shape index (κ1) is 17.5. The molecule has 0 fully saturated rings. The maximum Gasteiger partial charge on any atom is 0.265 e. The number of ether oxygens (including phenoxy) is 1. The number of sulfonamides is 1. The summed E-state index contributed by atoms with van der Waals surface area (Å²) < 4.78 is 33.0. The van der Waals surface area contributed by atoms with Gasteiger partial charge in [-0.1, -0.05) is 43.7 Å². The molecule has 0 saturated heterocycles. The highest BCUT2D eigenvalue weighted by Gasteiger charge is 2.31. The lowest BCUT2D eigenvalue weighted by Crippen LogP contribution is -2.34. The second kappa shape index (κ2) is 7.70. The van der Waals surface area contributed by atoms with Gasteiger partial charge in [-0.05, 0) is 30.7 Å². The van der Waals surface area contributed by atoms with Crippen molar-refractivity contribution in [2.75, 3.05) is 19.7 Å². The molecule has 2 aromatic carbocycles. The van der Waals surface area contributed by atoms with Crippen LogP contribution in [0.3, 0.4) is 0 Å². The summed E-state index contributed by atoms with van der Waals surface area (Å²) in [6.45, 7) is 3.57. The van der Waals surface area contributed by atoms with Gasteiger partial charge < -0.3 is 4.74 Å². The Morgan fingerprint density at radius 3 is 2.48 bits per heavy atom. The Bertz CT molecular complexity index is 831. The zero-order valence-electron chi connectivity index (χ0n) is 14.3. The minimum absolute atomic E-state index is 0.251. The first-order chi connectivity index (χ1) is 12.1. The normalized spacial score (nSPS) is 14.4. The van der Waals surface area contributed by atoms with Gasteiger partial charge in [0.25, 0.3) is 10.0 Å². The van der Waals surface area contributed by atoms with E-state index in [2.05, 4.69) is 11.9 Å². The summed E-state index contributed by atoms with van der Waals surface area (Å²) >= 11 is 0. The molecule has 1 aliphatic heterocycles. The van der Waals surface area contributed by atoms with Crippen LogP contribution in [0.4, 0.5) is 0 Å². The molecule has 0 saturated carbocycles. The number of nitrogens with zero attached hydrogens (tertiary/aromatic N) is 2. The molecule has 1 heterocycles. The Balaban J connectivity index is 1.80. The molecule has 3 rings (SSSR count). The third kappa shape index (κ3) is 3.85. The van der Waals surface area contributed by atoms with E-state index in [4.69, 9.17) is 4.74 Å². The molecule has 0 unspecified atom stereocenters. The lowest BCUT2D eigenvalue weighted by Gasteiger charge is -2.20. The molecule has 0 amide bonds. The lowest BCUT2D eigenvalue weighted by atomic mass is 10.2. The summed E-state index contributed by atoms with van der Waals surface area (Å²) in [5.41, 5.74) is 0.808. The van der Waals surface area contributed by atoms with Crippen molar-refractivity contribution in [2.24, 2.45) is 4.99 Å². The highest BCUT2D eigenvalue weighted by molar-refractivity contribution is 7.89. The SMILES string of the molecule is CCCCOc1ccc(S(=O)(=O)N2CCN=C2c2ccccc2)cc1. The maximum absolute atomic E-state index is 13.0. The van der Waals surface area contributed by atoms with Crippen LogP contribution < -0.4 is 4.74 Å². The minimum Gasteiger partial charge on any atom is -0.494 e. The minimum atomic E-state index is -3.63. The topological polar surface area (TPSA) is 59.0 Å². The van der Waals surface area contributed by atoms with Crippen LogP contribution in [0.2, 0.25) is 0 Å². The first-order valence-electron chi connectivity index (χ1n) is 8.48. The van der Waals surface area contributed by atoms with E-state index in [0.717, 1.165) is 18.4 Å². The molecule has 0 spiro atoms. The molecule has 2 aromatic rings. The largest absolute Gasteiger partial charge is 0.494 e. The second-order valence-electron chi connectivity index (χ2n) is 5.82. The van der Waals surface area contributed by atoms with Crippen molar-refractivity contribution in [1.29, 1.82) is 0 Å². The molecule has 5 nitrogen and oxygen atoms in total. The molecule has 0 aromatic heterocycles. The molecule has 132 valence electrons. The predicted octanol–water partition coefficient (Wildman–Crippen LogP) is 3.32. The maximum atomic E-state index is 13.0. The van der Waals surface area contributed by atoms with Gasteiger partial charge in [-0.25, -0.2) is 12.7 Å². The van der Waals surface area contributed by atoms with E-state index >= 15 is 0 Å². The van der Waals surface area contributed by atoms with E-state index in [1.54, 1.807) is 24.3 Å². The fourth-order valence-corrected chi connectivity index (χ4v) is 4.10. The van der Waals surface area contributed by atoms with Crippen LogP contribution in [0.15, 0.2) is 64.5 Å². The van der Waals surface area contributed by atoms with Gasteiger partial charge in [0.1, 0.15) is 11.6 Å². The van der Waals surface area contributed by atoms with Gasteiger partial charge in [0, 0.05) is 5.56 Å². The number of aliphatic imine (C=N–C) groups is 1. The Morgan fingerprint density at radius 1 is 1.08 bits per heavy atom. The smallest absolute Gasteiger partial charge is 0.265 e. The highest BCUT2D eigenvalue weighted by Crippen LogP contribution is 2.24. The summed E-state index contributed by atoms with van der Waals surface area (Å²) in [5.74, 6) is 1.19. The third-order valence-corrected chi connectivity index (χ3v) is 5.81. The van der Waals surface area contributed by atoms with Crippen LogP contribution >= 0.6 is 0 Å². The van der Waals surface area contributed by atoms with Crippen molar-refractivity contribution >= 4 is 15.9 Å². The molecule has 0 bridgehead atoms. The molecule has 25 heavy (non-hydrogen) atoms. The summed E-state index contributed by atoms with van der Waals surface area (Å²) in [4.78, 5) is 4.64. The van der Waals surface area contributed by atoms with Gasteiger partial charge in [0.15, 0.2) is 0 Å². The number of rotatable bonds is 7. The Hall–Kier alpha value is -2.34. The summed E-state index contributed by atoms with van der Waals surface area (Å²) in [7, 11) is -3.63. The number of hydrogen-bond acceptors (Lipinski definition) is 4. The Labute approximate surface area is 149 Å². The van der Waals surface area contributed by atoms with Crippen LogP contribution in [0.25, 0.3) is 0 Å². The lowest BCUT2D eigenvalue weighted by molar-refractivity contribution is 0.309. The summed E-state index contributed by atoms with van der Waals surface area (Å²) in [6.07, 6.45) is 2.04. The van der Waals surface area contributed by atoms with E-state index < -0.39 is 10.0 Å². The second-order valence-corrected chi connectivity index (χ2v) is 7.68. The number of unbranched alkanes of at least 4 members (excludes halogenated alkanes) is 1. The number of benzene rings is 2. The van der Waals surface area contributed by atoms with Crippen LogP contribution in [0.5, 0.6) is 5.75 Å². The highest BCUT2D eigenvalue weighted by atomic mass is 32.2. The molecule has 0 N–H and O–H groups in total. The van der Waals surface area contributed by atoms with Gasteiger partial charge in [-0.2, -0.15) is 0 Å². The third-order valence-electron chi connectivity index (χ3n) is 4.01. The summed E-state index contributed by atoms with van der Waals surface area (Å²) in [5, 5.41) is 0. The van der Waals surface area contributed by atoms with Gasteiger partial charge in [0.05, 0.1) is 24.6 Å². The predicted molar refractivity (Wildman–Crippen MR) is 98.6 cm³/mol. The summed E-state index contributed by atoms with van der Waals surface area (Å²) in [6, 6.07) is 16.0. The van der Waals surface area contributed by atoms with E-state index in [-0.39, 0.29) is 4.90 Å². The average Bonchev–Trinajstić information content (AvgIpc) is 3.14. The zero-order valence-corrected chi connectivity index (χ0v) is 15.1. The van der Waals surface area contributed by atoms with Crippen LogP contribution in [-0.4, -0.2) is 38.3 Å². The van der Waals surface area contributed by atoms with Gasteiger partial charge in [-0.15, -0.1) is 0 Å². The molecule has 1 aliphatic rings. The van der Waals surface area contributed by atoms with Crippen LogP contribution in [0.1, 0.15) is 25.3 Å². The Kier molecular flexibility index (Phi) is 5.38. The van der Waals surface area contributed by atoms with E-state index in [1.165, 1.54) is 4.31 Å². The van der Waals surface area contributed by atoms with Crippen molar-refractivity contribution in [3.05, 3.63) is 60.2 Å². The molecular weight excluding hydrogens is 336 g/mol. The molecular formula is C19H22N2O3S. The van der Waals surface area contributed by atoms with Crippen LogP contribution in [0, 0.1) is 0 Å². The van der Waals surface area contributed by atoms with E-state index in [1.807, 2.05) is 30.3 Å². The Morgan fingerprint density at radius 2 is 1.80 bits per heavy atom. The van der Waals surface area contributed by atoms with Crippen molar-refractivity contribution in [3.8, 4) is 5.75 Å². The van der Waals surface area contributed by atoms with E-state index in [0.29, 0.717) is 31.3 Å². The first-order valence-corrected chi connectivity index (χ1v) is 9.92.